The Morgan fingerprint density at radius 1 is 0.846 bits per heavy atom. The first-order chi connectivity index (χ1) is 12.7. The fraction of sp³-hybridized carbons (Fsp3) is 0.136. The van der Waals surface area contributed by atoms with Gasteiger partial charge >= 0.3 is 0 Å². The first-order valence-electron chi connectivity index (χ1n) is 8.45. The highest BCUT2D eigenvalue weighted by molar-refractivity contribution is 5.93. The number of hydrogen-bond donors (Lipinski definition) is 1. The van der Waals surface area contributed by atoms with E-state index in [4.69, 9.17) is 9.57 Å². The summed E-state index contributed by atoms with van der Waals surface area (Å²) in [6.07, 6.45) is 0. The van der Waals surface area contributed by atoms with E-state index in [0.29, 0.717) is 24.5 Å². The molecule has 1 N–H and O–H groups in total. The molecule has 0 unspecified atom stereocenters. The van der Waals surface area contributed by atoms with Crippen molar-refractivity contribution in [1.29, 1.82) is 0 Å². The fourth-order valence-electron chi connectivity index (χ4n) is 2.51. The second kappa shape index (κ2) is 8.83. The molecule has 1 amide bonds. The third-order valence-corrected chi connectivity index (χ3v) is 3.83. The number of amides is 1. The van der Waals surface area contributed by atoms with Crippen LogP contribution in [0.4, 0.5) is 0 Å². The molecule has 0 radical (unpaired) electrons. The first-order valence-corrected chi connectivity index (χ1v) is 8.45. The zero-order valence-corrected chi connectivity index (χ0v) is 14.6. The Morgan fingerprint density at radius 3 is 2.42 bits per heavy atom. The topological polar surface area (TPSA) is 47.6 Å². The van der Waals surface area contributed by atoms with E-state index in [1.54, 1.807) is 18.2 Å². The van der Waals surface area contributed by atoms with Crippen LogP contribution in [0.5, 0.6) is 5.75 Å². The van der Waals surface area contributed by atoms with Crippen molar-refractivity contribution in [3.8, 4) is 5.75 Å². The van der Waals surface area contributed by atoms with E-state index in [-0.39, 0.29) is 5.91 Å². The summed E-state index contributed by atoms with van der Waals surface area (Å²) < 4.78 is 5.79. The Labute approximate surface area is 153 Å². The van der Waals surface area contributed by atoms with Crippen LogP contribution < -0.4 is 10.2 Å². The number of hydroxylamine groups is 1. The Morgan fingerprint density at radius 2 is 1.62 bits per heavy atom. The van der Waals surface area contributed by atoms with Crippen LogP contribution >= 0.6 is 0 Å². The van der Waals surface area contributed by atoms with Crippen molar-refractivity contribution in [3.05, 3.63) is 101 Å². The molecule has 4 nitrogen and oxygen atoms in total. The maximum absolute atomic E-state index is 12.2. The van der Waals surface area contributed by atoms with Crippen molar-refractivity contribution in [2.75, 3.05) is 0 Å². The predicted molar refractivity (Wildman–Crippen MR) is 101 cm³/mol. The van der Waals surface area contributed by atoms with Crippen LogP contribution in [0.15, 0.2) is 78.9 Å². The lowest BCUT2D eigenvalue weighted by Gasteiger charge is -2.09. The summed E-state index contributed by atoms with van der Waals surface area (Å²) in [4.78, 5) is 17.5. The fourth-order valence-corrected chi connectivity index (χ4v) is 2.51. The van der Waals surface area contributed by atoms with Gasteiger partial charge in [-0.05, 0) is 36.2 Å². The summed E-state index contributed by atoms with van der Waals surface area (Å²) in [6.45, 7) is 2.82. The highest BCUT2D eigenvalue weighted by Gasteiger charge is 2.07. The standard InChI is InChI=1S/C22H21NO3/c1-17-7-5-10-19(13-17)15-25-21-12-6-11-20(14-21)22(24)23-26-16-18-8-3-2-4-9-18/h2-14H,15-16H2,1H3,(H,23,24). The number of rotatable bonds is 7. The maximum atomic E-state index is 12.2. The van der Waals surface area contributed by atoms with Crippen molar-refractivity contribution in [3.63, 3.8) is 0 Å². The van der Waals surface area contributed by atoms with Gasteiger partial charge in [0.2, 0.25) is 0 Å². The lowest BCUT2D eigenvalue weighted by molar-refractivity contribution is 0.0233. The summed E-state index contributed by atoms with van der Waals surface area (Å²) in [6, 6.07) is 24.8. The van der Waals surface area contributed by atoms with Crippen LogP contribution in [0.3, 0.4) is 0 Å². The van der Waals surface area contributed by atoms with E-state index in [1.165, 1.54) is 5.56 Å². The molecule has 0 saturated heterocycles. The minimum absolute atomic E-state index is 0.304. The SMILES string of the molecule is Cc1cccc(COc2cccc(C(=O)NOCc3ccccc3)c2)c1. The molecular formula is C22H21NO3. The smallest absolute Gasteiger partial charge is 0.274 e. The van der Waals surface area contributed by atoms with Gasteiger partial charge in [-0.15, -0.1) is 0 Å². The number of nitrogens with one attached hydrogen (secondary N) is 1. The van der Waals surface area contributed by atoms with Gasteiger partial charge in [-0.1, -0.05) is 66.2 Å². The number of carbonyl (C=O) groups excluding carboxylic acids is 1. The summed E-state index contributed by atoms with van der Waals surface area (Å²) in [5, 5.41) is 0. The Hall–Kier alpha value is -3.11. The molecule has 0 aliphatic carbocycles. The highest BCUT2D eigenvalue weighted by atomic mass is 16.6. The minimum Gasteiger partial charge on any atom is -0.489 e. The molecule has 3 rings (SSSR count). The predicted octanol–water partition coefficient (Wildman–Crippen LogP) is 4.44. The second-order valence-corrected chi connectivity index (χ2v) is 6.01. The van der Waals surface area contributed by atoms with Gasteiger partial charge in [-0.3, -0.25) is 9.63 Å². The van der Waals surface area contributed by atoms with Crippen LogP contribution in [0.2, 0.25) is 0 Å². The van der Waals surface area contributed by atoms with Crippen LogP contribution in [0.25, 0.3) is 0 Å². The zero-order valence-electron chi connectivity index (χ0n) is 14.6. The molecule has 0 atom stereocenters. The lowest BCUT2D eigenvalue weighted by Crippen LogP contribution is -2.23. The van der Waals surface area contributed by atoms with Crippen LogP contribution in [0, 0.1) is 6.92 Å². The van der Waals surface area contributed by atoms with Gasteiger partial charge in [0.25, 0.3) is 5.91 Å². The summed E-state index contributed by atoms with van der Waals surface area (Å²) in [5.74, 6) is 0.337. The largest absolute Gasteiger partial charge is 0.489 e. The molecule has 0 bridgehead atoms. The second-order valence-electron chi connectivity index (χ2n) is 6.01. The molecule has 0 spiro atoms. The van der Waals surface area contributed by atoms with Crippen LogP contribution in [-0.4, -0.2) is 5.91 Å². The van der Waals surface area contributed by atoms with E-state index in [9.17, 15) is 4.79 Å². The van der Waals surface area contributed by atoms with Crippen molar-refractivity contribution in [1.82, 2.24) is 5.48 Å². The van der Waals surface area contributed by atoms with E-state index < -0.39 is 0 Å². The van der Waals surface area contributed by atoms with Crippen molar-refractivity contribution in [2.45, 2.75) is 20.1 Å². The van der Waals surface area contributed by atoms with Gasteiger partial charge < -0.3 is 4.74 Å². The van der Waals surface area contributed by atoms with Gasteiger partial charge in [0.15, 0.2) is 0 Å². The Balaban J connectivity index is 1.53. The zero-order chi connectivity index (χ0) is 18.2. The third kappa shape index (κ3) is 5.19. The minimum atomic E-state index is -0.304. The molecule has 4 heteroatoms. The highest BCUT2D eigenvalue weighted by Crippen LogP contribution is 2.16. The van der Waals surface area contributed by atoms with E-state index >= 15 is 0 Å². The van der Waals surface area contributed by atoms with Crippen molar-refractivity contribution >= 4 is 5.91 Å². The summed E-state index contributed by atoms with van der Waals surface area (Å²) >= 11 is 0. The molecule has 3 aromatic rings. The first kappa shape index (κ1) is 17.7. The average Bonchev–Trinajstić information content (AvgIpc) is 2.67. The van der Waals surface area contributed by atoms with Crippen LogP contribution in [0.1, 0.15) is 27.0 Å². The molecular weight excluding hydrogens is 326 g/mol. The molecule has 0 saturated carbocycles. The average molecular weight is 347 g/mol. The van der Waals surface area contributed by atoms with Gasteiger partial charge in [0, 0.05) is 5.56 Å². The molecule has 0 heterocycles. The number of hydrogen-bond acceptors (Lipinski definition) is 3. The molecule has 0 aliphatic heterocycles. The summed E-state index contributed by atoms with van der Waals surface area (Å²) in [5.41, 5.74) is 6.21. The molecule has 0 fully saturated rings. The van der Waals surface area contributed by atoms with Gasteiger partial charge in [0.1, 0.15) is 12.4 Å². The van der Waals surface area contributed by atoms with Gasteiger partial charge in [-0.2, -0.15) is 0 Å². The molecule has 0 aromatic heterocycles. The molecule has 3 aromatic carbocycles. The Kier molecular flexibility index (Phi) is 6.01. The number of aryl methyl sites for hydroxylation is 1. The van der Waals surface area contributed by atoms with Gasteiger partial charge in [-0.25, -0.2) is 5.48 Å². The van der Waals surface area contributed by atoms with Crippen molar-refractivity contribution < 1.29 is 14.4 Å². The van der Waals surface area contributed by atoms with Crippen LogP contribution in [-0.2, 0) is 18.1 Å². The van der Waals surface area contributed by atoms with E-state index in [1.807, 2.05) is 61.5 Å². The Bertz CT molecular complexity index is 862. The number of carbonyl (C=O) groups is 1. The third-order valence-electron chi connectivity index (χ3n) is 3.83. The quantitative estimate of drug-likeness (QED) is 0.643. The molecule has 26 heavy (non-hydrogen) atoms. The summed E-state index contributed by atoms with van der Waals surface area (Å²) in [7, 11) is 0. The number of benzene rings is 3. The lowest BCUT2D eigenvalue weighted by atomic mass is 10.1. The van der Waals surface area contributed by atoms with Gasteiger partial charge in [0.05, 0.1) is 6.61 Å². The molecule has 132 valence electrons. The monoisotopic (exact) mass is 347 g/mol. The normalized spacial score (nSPS) is 10.3. The van der Waals surface area contributed by atoms with E-state index in [0.717, 1.165) is 11.1 Å². The van der Waals surface area contributed by atoms with E-state index in [2.05, 4.69) is 11.5 Å². The maximum Gasteiger partial charge on any atom is 0.274 e. The number of ether oxygens (including phenoxy) is 1. The molecule has 0 aliphatic rings. The van der Waals surface area contributed by atoms with Crippen molar-refractivity contribution in [2.24, 2.45) is 0 Å².